The van der Waals surface area contributed by atoms with E-state index in [9.17, 15) is 4.79 Å². The summed E-state index contributed by atoms with van der Waals surface area (Å²) in [6.45, 7) is 1.94. The van der Waals surface area contributed by atoms with Gasteiger partial charge in [0.1, 0.15) is 0 Å². The predicted octanol–water partition coefficient (Wildman–Crippen LogP) is 2.80. The van der Waals surface area contributed by atoms with Crippen molar-refractivity contribution in [3.8, 4) is 6.07 Å². The minimum absolute atomic E-state index is 0.358. The van der Waals surface area contributed by atoms with E-state index in [-0.39, 0.29) is 5.97 Å². The van der Waals surface area contributed by atoms with Crippen LogP contribution in [0.15, 0.2) is 12.1 Å². The van der Waals surface area contributed by atoms with E-state index in [2.05, 4.69) is 22.0 Å². The Kier molecular flexibility index (Phi) is 4.51. The van der Waals surface area contributed by atoms with Crippen LogP contribution in [0.5, 0.6) is 0 Å². The fourth-order valence-corrected chi connectivity index (χ4v) is 1.96. The molecule has 0 radical (unpaired) electrons. The molecule has 16 heavy (non-hydrogen) atoms. The average molecular weight is 282 g/mol. The van der Waals surface area contributed by atoms with Crippen LogP contribution < -0.4 is 0 Å². The van der Waals surface area contributed by atoms with Crippen LogP contribution in [0.25, 0.3) is 0 Å². The number of methoxy groups -OCH3 is 1. The number of carbonyl (C=O) groups is 1. The third kappa shape index (κ3) is 2.42. The maximum absolute atomic E-state index is 11.5. The minimum Gasteiger partial charge on any atom is -0.465 e. The molecule has 0 heterocycles. The third-order valence-corrected chi connectivity index (χ3v) is 2.98. The number of rotatable bonds is 3. The summed E-state index contributed by atoms with van der Waals surface area (Å²) in [6.07, 6.45) is 0.696. The first-order valence-electron chi connectivity index (χ1n) is 4.88. The van der Waals surface area contributed by atoms with E-state index in [1.807, 2.05) is 6.92 Å². The Labute approximate surface area is 103 Å². The topological polar surface area (TPSA) is 50.1 Å². The smallest absolute Gasteiger partial charge is 0.338 e. The van der Waals surface area contributed by atoms with Gasteiger partial charge in [-0.1, -0.05) is 22.9 Å². The van der Waals surface area contributed by atoms with Crippen LogP contribution in [-0.2, 0) is 16.5 Å². The molecule has 0 aromatic heterocycles. The van der Waals surface area contributed by atoms with Crippen molar-refractivity contribution in [2.75, 3.05) is 7.11 Å². The number of aryl methyl sites for hydroxylation is 1. The number of benzene rings is 1. The molecule has 0 amide bonds. The maximum Gasteiger partial charge on any atom is 0.338 e. The molecule has 1 aromatic carbocycles. The van der Waals surface area contributed by atoms with Crippen LogP contribution in [0.1, 0.15) is 34.0 Å². The Balaban J connectivity index is 3.38. The SMILES string of the molecule is CCc1cc(C#N)c(CBr)cc1C(=O)OC. The molecular weight excluding hydrogens is 270 g/mol. The van der Waals surface area contributed by atoms with Crippen molar-refractivity contribution in [3.63, 3.8) is 0 Å². The average Bonchev–Trinajstić information content (AvgIpc) is 2.35. The first-order chi connectivity index (χ1) is 7.67. The number of esters is 1. The molecule has 1 rings (SSSR count). The number of hydrogen-bond donors (Lipinski definition) is 0. The Morgan fingerprint density at radius 3 is 2.62 bits per heavy atom. The minimum atomic E-state index is -0.358. The summed E-state index contributed by atoms with van der Waals surface area (Å²) in [5, 5.41) is 9.51. The summed E-state index contributed by atoms with van der Waals surface area (Å²) in [7, 11) is 1.35. The summed E-state index contributed by atoms with van der Waals surface area (Å²) in [5.41, 5.74) is 2.79. The lowest BCUT2D eigenvalue weighted by Gasteiger charge is -2.09. The Morgan fingerprint density at radius 1 is 1.50 bits per heavy atom. The van der Waals surface area contributed by atoms with Gasteiger partial charge >= 0.3 is 5.97 Å². The number of alkyl halides is 1. The molecule has 3 nitrogen and oxygen atoms in total. The summed E-state index contributed by atoms with van der Waals surface area (Å²) in [6, 6.07) is 5.60. The highest BCUT2D eigenvalue weighted by Gasteiger charge is 2.14. The molecule has 0 aliphatic carbocycles. The molecule has 0 bridgehead atoms. The van der Waals surface area contributed by atoms with Gasteiger partial charge in [0.25, 0.3) is 0 Å². The Morgan fingerprint density at radius 2 is 2.19 bits per heavy atom. The van der Waals surface area contributed by atoms with Gasteiger partial charge in [0.05, 0.1) is 24.3 Å². The van der Waals surface area contributed by atoms with E-state index in [0.717, 1.165) is 11.1 Å². The van der Waals surface area contributed by atoms with Gasteiger partial charge in [0.2, 0.25) is 0 Å². The lowest BCUT2D eigenvalue weighted by Crippen LogP contribution is -2.07. The van der Waals surface area contributed by atoms with Gasteiger partial charge in [-0.2, -0.15) is 5.26 Å². The van der Waals surface area contributed by atoms with E-state index in [1.165, 1.54) is 7.11 Å². The molecule has 0 atom stereocenters. The number of carbonyl (C=O) groups excluding carboxylic acids is 1. The second-order valence-electron chi connectivity index (χ2n) is 3.26. The van der Waals surface area contributed by atoms with Crippen LogP contribution >= 0.6 is 15.9 Å². The molecule has 0 aliphatic heterocycles. The van der Waals surface area contributed by atoms with E-state index >= 15 is 0 Å². The number of nitrogens with zero attached hydrogens (tertiary/aromatic N) is 1. The van der Waals surface area contributed by atoms with Crippen LogP contribution in [0.4, 0.5) is 0 Å². The summed E-state index contributed by atoms with van der Waals surface area (Å²) >= 11 is 3.30. The van der Waals surface area contributed by atoms with Crippen molar-refractivity contribution in [3.05, 3.63) is 34.4 Å². The Bertz CT molecular complexity index is 449. The van der Waals surface area contributed by atoms with Crippen molar-refractivity contribution >= 4 is 21.9 Å². The van der Waals surface area contributed by atoms with Crippen molar-refractivity contribution in [1.29, 1.82) is 5.26 Å². The van der Waals surface area contributed by atoms with Crippen LogP contribution in [-0.4, -0.2) is 13.1 Å². The quantitative estimate of drug-likeness (QED) is 0.632. The summed E-state index contributed by atoms with van der Waals surface area (Å²) < 4.78 is 4.71. The number of ether oxygens (including phenoxy) is 1. The highest BCUT2D eigenvalue weighted by Crippen LogP contribution is 2.20. The van der Waals surface area contributed by atoms with Gasteiger partial charge < -0.3 is 4.74 Å². The van der Waals surface area contributed by atoms with Gasteiger partial charge in [-0.15, -0.1) is 0 Å². The van der Waals surface area contributed by atoms with E-state index < -0.39 is 0 Å². The number of nitriles is 1. The predicted molar refractivity (Wildman–Crippen MR) is 64.5 cm³/mol. The maximum atomic E-state index is 11.5. The molecule has 0 saturated carbocycles. The largest absolute Gasteiger partial charge is 0.465 e. The van der Waals surface area contributed by atoms with Crippen LogP contribution in [0.2, 0.25) is 0 Å². The fourth-order valence-electron chi connectivity index (χ4n) is 1.50. The first-order valence-corrected chi connectivity index (χ1v) is 6.00. The van der Waals surface area contributed by atoms with E-state index in [1.54, 1.807) is 12.1 Å². The first kappa shape index (κ1) is 12.7. The van der Waals surface area contributed by atoms with Crippen molar-refractivity contribution in [2.24, 2.45) is 0 Å². The Hall–Kier alpha value is -1.34. The zero-order valence-corrected chi connectivity index (χ0v) is 10.8. The molecule has 0 spiro atoms. The highest BCUT2D eigenvalue weighted by atomic mass is 79.9. The van der Waals surface area contributed by atoms with Crippen LogP contribution in [0, 0.1) is 11.3 Å². The normalized spacial score (nSPS) is 9.62. The summed E-state index contributed by atoms with van der Waals surface area (Å²) in [4.78, 5) is 11.5. The second-order valence-corrected chi connectivity index (χ2v) is 3.82. The van der Waals surface area contributed by atoms with Gasteiger partial charge in [-0.25, -0.2) is 4.79 Å². The van der Waals surface area contributed by atoms with Gasteiger partial charge in [0, 0.05) is 5.33 Å². The van der Waals surface area contributed by atoms with E-state index in [4.69, 9.17) is 10.00 Å². The second kappa shape index (κ2) is 5.66. The monoisotopic (exact) mass is 281 g/mol. The number of halogens is 1. The van der Waals surface area contributed by atoms with Gasteiger partial charge in [-0.3, -0.25) is 0 Å². The molecule has 0 aliphatic rings. The lowest BCUT2D eigenvalue weighted by atomic mass is 9.98. The van der Waals surface area contributed by atoms with Crippen molar-refractivity contribution in [1.82, 2.24) is 0 Å². The number of hydrogen-bond acceptors (Lipinski definition) is 3. The highest BCUT2D eigenvalue weighted by molar-refractivity contribution is 9.08. The van der Waals surface area contributed by atoms with Crippen LogP contribution in [0.3, 0.4) is 0 Å². The van der Waals surface area contributed by atoms with E-state index in [0.29, 0.717) is 22.9 Å². The molecular formula is C12H12BrNO2. The standard InChI is InChI=1S/C12H12BrNO2/c1-3-8-4-10(7-14)9(6-13)5-11(8)12(15)16-2/h4-5H,3,6H2,1-2H3. The van der Waals surface area contributed by atoms with Crippen molar-refractivity contribution < 1.29 is 9.53 Å². The third-order valence-electron chi connectivity index (χ3n) is 2.38. The molecule has 4 heteroatoms. The molecule has 0 fully saturated rings. The van der Waals surface area contributed by atoms with Gasteiger partial charge in [0.15, 0.2) is 0 Å². The zero-order chi connectivity index (χ0) is 12.1. The molecule has 84 valence electrons. The molecule has 0 unspecified atom stereocenters. The fraction of sp³-hybridized carbons (Fsp3) is 0.333. The molecule has 0 N–H and O–H groups in total. The molecule has 0 saturated heterocycles. The van der Waals surface area contributed by atoms with Gasteiger partial charge in [-0.05, 0) is 29.7 Å². The summed E-state index contributed by atoms with van der Waals surface area (Å²) in [5.74, 6) is -0.358. The van der Waals surface area contributed by atoms with Crippen molar-refractivity contribution in [2.45, 2.75) is 18.7 Å². The lowest BCUT2D eigenvalue weighted by molar-refractivity contribution is 0.0599. The molecule has 1 aromatic rings. The zero-order valence-electron chi connectivity index (χ0n) is 9.21.